The van der Waals surface area contributed by atoms with Gasteiger partial charge in [-0.2, -0.15) is 5.10 Å². The number of benzene rings is 2. The van der Waals surface area contributed by atoms with Gasteiger partial charge in [0.15, 0.2) is 11.5 Å². The minimum atomic E-state index is 0.304. The first-order valence-corrected chi connectivity index (χ1v) is 5.73. The number of hydrogen-bond donors (Lipinski definition) is 1. The van der Waals surface area contributed by atoms with E-state index in [1.165, 1.54) is 0 Å². The Hall–Kier alpha value is -2.49. The van der Waals surface area contributed by atoms with Gasteiger partial charge in [-0.25, -0.2) is 0 Å². The molecule has 4 rings (SSSR count). The van der Waals surface area contributed by atoms with Gasteiger partial charge in [-0.1, -0.05) is 18.2 Å². The van der Waals surface area contributed by atoms with Crippen molar-refractivity contribution < 1.29 is 9.47 Å². The molecular weight excluding hydrogens is 228 g/mol. The number of aromatic nitrogens is 2. The molecule has 4 heteroatoms. The Bertz CT molecular complexity index is 733. The molecule has 3 aromatic rings. The van der Waals surface area contributed by atoms with E-state index in [0.717, 1.165) is 33.5 Å². The van der Waals surface area contributed by atoms with Gasteiger partial charge in [0.05, 0.1) is 11.7 Å². The molecule has 1 N–H and O–H groups in total. The number of hydrogen-bond acceptors (Lipinski definition) is 3. The molecule has 1 aliphatic heterocycles. The van der Waals surface area contributed by atoms with Gasteiger partial charge in [0.2, 0.25) is 6.79 Å². The lowest BCUT2D eigenvalue weighted by molar-refractivity contribution is 0.174. The second-order valence-corrected chi connectivity index (χ2v) is 4.24. The van der Waals surface area contributed by atoms with Gasteiger partial charge >= 0.3 is 0 Å². The van der Waals surface area contributed by atoms with Crippen molar-refractivity contribution in [3.8, 4) is 22.6 Å². The van der Waals surface area contributed by atoms with Crippen LogP contribution in [0.4, 0.5) is 0 Å². The molecule has 0 spiro atoms. The van der Waals surface area contributed by atoms with Crippen molar-refractivity contribution >= 4 is 10.9 Å². The number of ether oxygens (including phenoxy) is 2. The van der Waals surface area contributed by atoms with E-state index >= 15 is 0 Å². The molecule has 0 saturated heterocycles. The van der Waals surface area contributed by atoms with Crippen LogP contribution in [-0.2, 0) is 0 Å². The van der Waals surface area contributed by atoms with E-state index in [0.29, 0.717) is 6.79 Å². The maximum atomic E-state index is 5.39. The smallest absolute Gasteiger partial charge is 0.231 e. The van der Waals surface area contributed by atoms with Crippen LogP contribution in [-0.4, -0.2) is 17.0 Å². The first kappa shape index (κ1) is 9.53. The van der Waals surface area contributed by atoms with Crippen LogP contribution >= 0.6 is 0 Å². The highest BCUT2D eigenvalue weighted by Gasteiger charge is 2.13. The van der Waals surface area contributed by atoms with Gasteiger partial charge in [0, 0.05) is 5.39 Å². The zero-order valence-electron chi connectivity index (χ0n) is 9.51. The van der Waals surface area contributed by atoms with Gasteiger partial charge in [-0.15, -0.1) is 0 Å². The van der Waals surface area contributed by atoms with Gasteiger partial charge in [0.1, 0.15) is 0 Å². The average molecular weight is 238 g/mol. The molecule has 0 fully saturated rings. The molecule has 0 radical (unpaired) electrons. The third-order valence-corrected chi connectivity index (χ3v) is 3.15. The summed E-state index contributed by atoms with van der Waals surface area (Å²) in [6.07, 6.45) is 1.82. The average Bonchev–Trinajstić information content (AvgIpc) is 3.05. The quantitative estimate of drug-likeness (QED) is 0.709. The van der Waals surface area contributed by atoms with Gasteiger partial charge in [-0.3, -0.25) is 5.10 Å². The fourth-order valence-corrected chi connectivity index (χ4v) is 2.19. The Balaban J connectivity index is 1.86. The monoisotopic (exact) mass is 238 g/mol. The number of H-pyrrole nitrogens is 1. The van der Waals surface area contributed by atoms with Crippen molar-refractivity contribution in [1.82, 2.24) is 10.2 Å². The molecule has 2 aromatic carbocycles. The minimum Gasteiger partial charge on any atom is -0.454 e. The summed E-state index contributed by atoms with van der Waals surface area (Å²) in [5.74, 6) is 1.61. The molecule has 18 heavy (non-hydrogen) atoms. The van der Waals surface area contributed by atoms with Crippen LogP contribution in [0.1, 0.15) is 0 Å². The first-order valence-electron chi connectivity index (χ1n) is 5.73. The van der Waals surface area contributed by atoms with Crippen molar-refractivity contribution in [3.05, 3.63) is 42.6 Å². The third-order valence-electron chi connectivity index (χ3n) is 3.15. The molecule has 0 atom stereocenters. The summed E-state index contributed by atoms with van der Waals surface area (Å²) in [6, 6.07) is 12.2. The second kappa shape index (κ2) is 3.50. The van der Waals surface area contributed by atoms with Crippen molar-refractivity contribution in [2.45, 2.75) is 0 Å². The number of rotatable bonds is 1. The van der Waals surface area contributed by atoms with Crippen molar-refractivity contribution in [1.29, 1.82) is 0 Å². The summed E-state index contributed by atoms with van der Waals surface area (Å²) in [5, 5.41) is 8.11. The van der Waals surface area contributed by atoms with Crippen molar-refractivity contribution in [3.63, 3.8) is 0 Å². The SMILES string of the molecule is c1cc2c(cc1-c1ccc3cn[nH]c3c1)OCO2. The van der Waals surface area contributed by atoms with Crippen LogP contribution in [0.15, 0.2) is 42.6 Å². The molecule has 0 saturated carbocycles. The summed E-state index contributed by atoms with van der Waals surface area (Å²) >= 11 is 0. The number of nitrogens with zero attached hydrogens (tertiary/aromatic N) is 1. The van der Waals surface area contributed by atoms with Crippen molar-refractivity contribution in [2.24, 2.45) is 0 Å². The summed E-state index contributed by atoms with van der Waals surface area (Å²) in [5.41, 5.74) is 3.27. The summed E-state index contributed by atoms with van der Waals surface area (Å²) in [4.78, 5) is 0. The topological polar surface area (TPSA) is 47.1 Å². The van der Waals surface area contributed by atoms with Crippen LogP contribution in [0.25, 0.3) is 22.0 Å². The Morgan fingerprint density at radius 2 is 1.78 bits per heavy atom. The molecule has 1 aliphatic rings. The predicted octanol–water partition coefficient (Wildman–Crippen LogP) is 2.96. The number of nitrogens with one attached hydrogen (secondary N) is 1. The molecule has 88 valence electrons. The summed E-state index contributed by atoms with van der Waals surface area (Å²) in [7, 11) is 0. The van der Waals surface area contributed by atoms with Crippen LogP contribution in [0.2, 0.25) is 0 Å². The largest absolute Gasteiger partial charge is 0.454 e. The van der Waals surface area contributed by atoms with Crippen LogP contribution in [0.5, 0.6) is 11.5 Å². The molecular formula is C14H10N2O2. The highest BCUT2D eigenvalue weighted by atomic mass is 16.7. The van der Waals surface area contributed by atoms with Crippen LogP contribution in [0, 0.1) is 0 Å². The fraction of sp³-hybridized carbons (Fsp3) is 0.0714. The number of fused-ring (bicyclic) bond motifs is 2. The Kier molecular flexibility index (Phi) is 1.85. The van der Waals surface area contributed by atoms with Crippen LogP contribution in [0.3, 0.4) is 0 Å². The van der Waals surface area contributed by atoms with Crippen molar-refractivity contribution in [2.75, 3.05) is 6.79 Å². The Morgan fingerprint density at radius 1 is 0.944 bits per heavy atom. The van der Waals surface area contributed by atoms with E-state index in [2.05, 4.69) is 28.4 Å². The second-order valence-electron chi connectivity index (χ2n) is 4.24. The van der Waals surface area contributed by atoms with E-state index < -0.39 is 0 Å². The molecule has 1 aromatic heterocycles. The van der Waals surface area contributed by atoms with E-state index in [1.54, 1.807) is 0 Å². The summed E-state index contributed by atoms with van der Waals surface area (Å²) in [6.45, 7) is 0.304. The molecule has 4 nitrogen and oxygen atoms in total. The lowest BCUT2D eigenvalue weighted by Crippen LogP contribution is -1.92. The standard InChI is InChI=1S/C14H10N2O2/c1-2-11-7-15-16-12(11)5-9(1)10-3-4-13-14(6-10)18-8-17-13/h1-7H,8H2,(H,15,16). The lowest BCUT2D eigenvalue weighted by Gasteiger charge is -2.03. The number of aromatic amines is 1. The Labute approximate surface area is 103 Å². The minimum absolute atomic E-state index is 0.304. The third kappa shape index (κ3) is 1.35. The van der Waals surface area contributed by atoms with E-state index in [1.807, 2.05) is 24.4 Å². The van der Waals surface area contributed by atoms with Gasteiger partial charge < -0.3 is 9.47 Å². The zero-order chi connectivity index (χ0) is 11.9. The van der Waals surface area contributed by atoms with Gasteiger partial charge in [-0.05, 0) is 29.3 Å². The molecule has 2 heterocycles. The molecule has 0 bridgehead atoms. The first-order chi connectivity index (χ1) is 8.90. The fourth-order valence-electron chi connectivity index (χ4n) is 2.19. The zero-order valence-corrected chi connectivity index (χ0v) is 9.51. The van der Waals surface area contributed by atoms with E-state index in [4.69, 9.17) is 9.47 Å². The highest BCUT2D eigenvalue weighted by Crippen LogP contribution is 2.36. The maximum Gasteiger partial charge on any atom is 0.231 e. The summed E-state index contributed by atoms with van der Waals surface area (Å²) < 4.78 is 10.7. The normalized spacial score (nSPS) is 13.1. The predicted molar refractivity (Wildman–Crippen MR) is 67.7 cm³/mol. The van der Waals surface area contributed by atoms with Crippen LogP contribution < -0.4 is 9.47 Å². The maximum absolute atomic E-state index is 5.39. The molecule has 0 aliphatic carbocycles. The molecule has 0 amide bonds. The van der Waals surface area contributed by atoms with Gasteiger partial charge in [0.25, 0.3) is 0 Å². The lowest BCUT2D eigenvalue weighted by atomic mass is 10.0. The molecule has 0 unspecified atom stereocenters. The van der Waals surface area contributed by atoms with E-state index in [9.17, 15) is 0 Å². The van der Waals surface area contributed by atoms with E-state index in [-0.39, 0.29) is 0 Å². The Morgan fingerprint density at radius 3 is 2.78 bits per heavy atom. The highest BCUT2D eigenvalue weighted by molar-refractivity contribution is 5.84.